The van der Waals surface area contributed by atoms with Crippen molar-refractivity contribution in [3.63, 3.8) is 0 Å². The predicted molar refractivity (Wildman–Crippen MR) is 264 cm³/mol. The van der Waals surface area contributed by atoms with E-state index in [-0.39, 0.29) is 72.0 Å². The van der Waals surface area contributed by atoms with Gasteiger partial charge in [-0.25, -0.2) is 54.6 Å². The average molecular weight is 991 g/mol. The number of benzene rings is 4. The first-order valence-corrected chi connectivity index (χ1v) is 22.5. The summed E-state index contributed by atoms with van der Waals surface area (Å²) in [7, 11) is 0. The number of amidine groups is 1. The summed E-state index contributed by atoms with van der Waals surface area (Å²) in [6.07, 6.45) is 2.27. The smallest absolute Gasteiger partial charge is 0.397 e. The molecule has 9 aromatic rings. The van der Waals surface area contributed by atoms with Gasteiger partial charge in [0, 0.05) is 40.9 Å². The molecule has 0 aliphatic carbocycles. The number of nitrogens with one attached hydrogen (secondary N) is 1. The maximum Gasteiger partial charge on any atom is 0.418 e. The molecule has 8 N–H and O–H groups in total. The molecule has 71 heavy (non-hydrogen) atoms. The molecule has 0 bridgehead atoms. The third kappa shape index (κ3) is 14.3. The number of rotatable bonds is 12. The normalized spacial score (nSPS) is 11.0. The Morgan fingerprint density at radius 2 is 1.21 bits per heavy atom. The molecule has 4 aromatic carbocycles. The molecule has 0 aliphatic heterocycles. The standard InChI is InChI=1S/C22H17FN10S.C13H11FN6S.C9H6N4.C2H6O/c23-15-9-5-4-6-13(15)12-33-21(22-26-10-11-34-22)29-20(32-33)19-27-17(24)16(18(25)28-19)31-30-14-7-2-1-3-8-14;14-9-4-2-1-3-8(9)7-20-12(13-17-5-6-21-13)18-11(19-20)10(15)16;1-11-9(7-10)13-12-8-5-3-2-4-6-8;1-2-3/h1-11H,12H2,(H4,24,25,27,28);1-6H,7H2,(H3,15,16);2-6,9H;3H,2H2,1H3. The number of azo groups is 2. The van der Waals surface area contributed by atoms with Crippen molar-refractivity contribution in [2.75, 3.05) is 18.1 Å². The lowest BCUT2D eigenvalue weighted by atomic mass is 10.2. The number of anilines is 2. The Morgan fingerprint density at radius 1 is 0.732 bits per heavy atom. The van der Waals surface area contributed by atoms with Crippen LogP contribution in [0.2, 0.25) is 0 Å². The summed E-state index contributed by atoms with van der Waals surface area (Å²) in [6, 6.07) is 32.7. The Labute approximate surface area is 411 Å². The van der Waals surface area contributed by atoms with E-state index in [1.54, 1.807) is 90.7 Å². The molecule has 1 atom stereocenters. The molecule has 0 radical (unpaired) electrons. The highest BCUT2D eigenvalue weighted by atomic mass is 32.1. The van der Waals surface area contributed by atoms with Gasteiger partial charge in [0.1, 0.15) is 11.6 Å². The van der Waals surface area contributed by atoms with Crippen LogP contribution < -0.4 is 17.2 Å². The number of hydrogen-bond donors (Lipinski definition) is 5. The van der Waals surface area contributed by atoms with Crippen LogP contribution in [0.25, 0.3) is 38.2 Å². The van der Waals surface area contributed by atoms with Gasteiger partial charge < -0.3 is 22.3 Å². The average Bonchev–Trinajstić information content (AvgIpc) is 4.23. The van der Waals surface area contributed by atoms with E-state index in [0.29, 0.717) is 44.2 Å². The van der Waals surface area contributed by atoms with Crippen LogP contribution in [-0.4, -0.2) is 73.2 Å². The topological polar surface area (TPSA) is 313 Å². The summed E-state index contributed by atoms with van der Waals surface area (Å²) < 4.78 is 31.1. The fourth-order valence-corrected chi connectivity index (χ4v) is 6.92. The van der Waals surface area contributed by atoms with E-state index in [4.69, 9.17) is 39.6 Å². The minimum atomic E-state index is -1.03. The van der Waals surface area contributed by atoms with E-state index in [2.05, 4.69) is 65.4 Å². The lowest BCUT2D eigenvalue weighted by molar-refractivity contribution is 0.318. The highest BCUT2D eigenvalue weighted by molar-refractivity contribution is 7.13. The Balaban J connectivity index is 0.000000189. The van der Waals surface area contributed by atoms with Crippen molar-refractivity contribution in [3.8, 4) is 39.4 Å². The van der Waals surface area contributed by atoms with Gasteiger partial charge in [0.15, 0.2) is 50.9 Å². The minimum absolute atomic E-state index is 0.0310. The minimum Gasteiger partial charge on any atom is -0.397 e. The first kappa shape index (κ1) is 51.0. The maximum absolute atomic E-state index is 14.3. The third-order valence-electron chi connectivity index (χ3n) is 8.82. The molecule has 25 heteroatoms. The summed E-state index contributed by atoms with van der Waals surface area (Å²) in [5.74, 6) is 0.471. The van der Waals surface area contributed by atoms with E-state index >= 15 is 0 Å². The zero-order valence-corrected chi connectivity index (χ0v) is 38.9. The Morgan fingerprint density at radius 3 is 1.68 bits per heavy atom. The Hall–Kier alpha value is -9.43. The van der Waals surface area contributed by atoms with Gasteiger partial charge in [0.2, 0.25) is 17.5 Å². The number of halogens is 2. The van der Waals surface area contributed by atoms with Crippen molar-refractivity contribution in [2.24, 2.45) is 26.2 Å². The molecule has 21 nitrogen and oxygen atoms in total. The van der Waals surface area contributed by atoms with E-state index < -0.39 is 6.17 Å². The summed E-state index contributed by atoms with van der Waals surface area (Å²) in [5, 5.41) is 52.4. The maximum atomic E-state index is 14.3. The van der Waals surface area contributed by atoms with Crippen LogP contribution >= 0.6 is 22.7 Å². The van der Waals surface area contributed by atoms with Crippen molar-refractivity contribution in [1.82, 2.24) is 49.5 Å². The fourth-order valence-electron chi connectivity index (χ4n) is 5.67. The molecule has 0 saturated heterocycles. The van der Waals surface area contributed by atoms with Gasteiger partial charge in [-0.15, -0.1) is 43.1 Å². The zero-order valence-electron chi connectivity index (χ0n) is 37.3. The van der Waals surface area contributed by atoms with Crippen molar-refractivity contribution >= 4 is 57.2 Å². The number of thiazole rings is 2. The van der Waals surface area contributed by atoms with Crippen LogP contribution in [0.15, 0.2) is 153 Å². The second kappa shape index (κ2) is 25.6. The highest BCUT2D eigenvalue weighted by Gasteiger charge is 2.21. The van der Waals surface area contributed by atoms with Crippen molar-refractivity contribution in [1.29, 1.82) is 10.7 Å². The summed E-state index contributed by atoms with van der Waals surface area (Å²) in [4.78, 5) is 28.7. The van der Waals surface area contributed by atoms with Gasteiger partial charge >= 0.3 is 6.17 Å². The van der Waals surface area contributed by atoms with Crippen LogP contribution in [0, 0.1) is 34.9 Å². The second-order valence-corrected chi connectivity index (χ2v) is 15.6. The SMILES string of the molecule is CCO.N=C(N)c1nc(-c2nccs2)n(Cc2ccccc2F)n1.Nc1nc(-c2nc(-c3nccs3)n(Cc3ccccc3F)n2)nc(N)c1N=Nc1ccccc1.[C-]#[N+]C(C#N)N=Nc1ccccc1. The number of hydrogen-bond acceptors (Lipinski definition) is 19. The molecule has 1 unspecified atom stereocenters. The number of aliphatic hydroxyl groups is 1. The van der Waals surface area contributed by atoms with Crippen LogP contribution in [0.1, 0.15) is 23.9 Å². The van der Waals surface area contributed by atoms with E-state index in [1.165, 1.54) is 39.5 Å². The number of nitrogens with zero attached hydrogens (tertiary/aromatic N) is 16. The van der Waals surface area contributed by atoms with Crippen LogP contribution in [0.3, 0.4) is 0 Å². The van der Waals surface area contributed by atoms with E-state index in [1.807, 2.05) is 47.2 Å². The second-order valence-electron chi connectivity index (χ2n) is 13.8. The molecular formula is C46H40F2N20OS2. The highest BCUT2D eigenvalue weighted by Crippen LogP contribution is 2.31. The molecule has 0 saturated carbocycles. The van der Waals surface area contributed by atoms with Crippen LogP contribution in [0.4, 0.5) is 37.5 Å². The monoisotopic (exact) mass is 990 g/mol. The van der Waals surface area contributed by atoms with Crippen molar-refractivity contribution in [3.05, 3.63) is 172 Å². The first-order valence-electron chi connectivity index (χ1n) is 20.7. The molecule has 5 aromatic heterocycles. The van der Waals surface area contributed by atoms with Crippen molar-refractivity contribution < 1.29 is 13.9 Å². The van der Waals surface area contributed by atoms with Gasteiger partial charge in [-0.1, -0.05) is 77.9 Å². The number of aromatic nitrogens is 10. The van der Waals surface area contributed by atoms with Gasteiger partial charge in [0.05, 0.1) is 24.5 Å². The van der Waals surface area contributed by atoms with Gasteiger partial charge in [-0.05, 0) is 43.3 Å². The number of nitriles is 1. The quantitative estimate of drug-likeness (QED) is 0.0330. The summed E-state index contributed by atoms with van der Waals surface area (Å²) in [5.41, 5.74) is 20.0. The van der Waals surface area contributed by atoms with E-state index in [9.17, 15) is 8.78 Å². The molecule has 0 amide bonds. The van der Waals surface area contributed by atoms with Gasteiger partial charge in [-0.2, -0.15) is 10.4 Å². The first-order chi connectivity index (χ1) is 34.5. The summed E-state index contributed by atoms with van der Waals surface area (Å²) >= 11 is 2.77. The predicted octanol–water partition coefficient (Wildman–Crippen LogP) is 9.04. The third-order valence-corrected chi connectivity index (χ3v) is 10.4. The molecule has 5 heterocycles. The Bertz CT molecular complexity index is 3240. The number of aliphatic hydroxyl groups excluding tert-OH is 1. The molecular weight excluding hydrogens is 951 g/mol. The van der Waals surface area contributed by atoms with Crippen LogP contribution in [0.5, 0.6) is 0 Å². The largest absolute Gasteiger partial charge is 0.418 e. The molecule has 0 fully saturated rings. The lowest BCUT2D eigenvalue weighted by Crippen LogP contribution is -2.14. The summed E-state index contributed by atoms with van der Waals surface area (Å²) in [6.45, 7) is 8.84. The van der Waals surface area contributed by atoms with Crippen LogP contribution in [-0.2, 0) is 13.1 Å². The number of nitrogens with two attached hydrogens (primary N) is 3. The van der Waals surface area contributed by atoms with Gasteiger partial charge in [-0.3, -0.25) is 10.3 Å². The molecule has 0 spiro atoms. The van der Waals surface area contributed by atoms with E-state index in [0.717, 1.165) is 0 Å². The fraction of sp³-hybridized carbons (Fsp3) is 0.109. The molecule has 356 valence electrons. The van der Waals surface area contributed by atoms with Crippen molar-refractivity contribution in [2.45, 2.75) is 26.2 Å². The zero-order chi connectivity index (χ0) is 50.5. The number of nitrogen functional groups attached to an aromatic ring is 3. The van der Waals surface area contributed by atoms with Gasteiger partial charge in [0.25, 0.3) is 0 Å². The molecule has 9 rings (SSSR count). The lowest BCUT2D eigenvalue weighted by Gasteiger charge is -2.05. The Kier molecular flexibility index (Phi) is 18.4. The molecule has 0 aliphatic rings.